The lowest BCUT2D eigenvalue weighted by Gasteiger charge is -2.35. The van der Waals surface area contributed by atoms with E-state index < -0.39 is 8.07 Å². The van der Waals surface area contributed by atoms with E-state index in [0.29, 0.717) is 84.0 Å². The smallest absolute Gasteiger partial charge is 0.261 e. The lowest BCUT2D eigenvalue weighted by atomic mass is 9.98. The first-order valence-electron chi connectivity index (χ1n) is 48.2. The van der Waals surface area contributed by atoms with Crippen molar-refractivity contribution in [2.24, 2.45) is 35.5 Å². The molecule has 0 saturated heterocycles. The summed E-state index contributed by atoms with van der Waals surface area (Å²) < 4.78 is 0. The first-order valence-corrected chi connectivity index (χ1v) is 57.1. The van der Waals surface area contributed by atoms with Crippen molar-refractivity contribution in [3.63, 3.8) is 0 Å². The van der Waals surface area contributed by atoms with E-state index in [1.807, 2.05) is 45.3 Å². The zero-order valence-electron chi connectivity index (χ0n) is 76.0. The number of carbonyl (C=O) groups is 4. The van der Waals surface area contributed by atoms with E-state index in [4.69, 9.17) is 0 Å². The van der Waals surface area contributed by atoms with Crippen LogP contribution in [0.3, 0.4) is 0 Å². The lowest BCUT2D eigenvalue weighted by Crippen LogP contribution is -2.56. The molecule has 0 spiro atoms. The molecule has 8 nitrogen and oxygen atoms in total. The molecule has 8 aromatic rings. The van der Waals surface area contributed by atoms with Gasteiger partial charge in [-0.2, -0.15) is 0 Å². The average molecular weight is 1800 g/mol. The molecule has 4 amide bonds. The number of thiophene rings is 8. The summed E-state index contributed by atoms with van der Waals surface area (Å²) in [5.41, 5.74) is 5.73. The van der Waals surface area contributed by atoms with Gasteiger partial charge >= 0.3 is 0 Å². The van der Waals surface area contributed by atoms with Gasteiger partial charge < -0.3 is 19.6 Å². The van der Waals surface area contributed by atoms with Crippen LogP contribution in [0.25, 0.3) is 71.6 Å². The molecule has 5 aliphatic heterocycles. The molecule has 0 saturated carbocycles. The Kier molecular flexibility index (Phi) is 34.2. The fraction of sp³-hybridized carbons (Fsp3) is 0.577. The molecule has 0 bridgehead atoms. The number of rotatable bonds is 54. The number of hydrogen-bond acceptors (Lipinski definition) is 12. The maximum absolute atomic E-state index is 16.2. The minimum absolute atomic E-state index is 0.0135. The third kappa shape index (κ3) is 20.5. The Morgan fingerprint density at radius 1 is 0.256 bits per heavy atom. The van der Waals surface area contributed by atoms with Gasteiger partial charge in [0.05, 0.1) is 64.6 Å². The van der Waals surface area contributed by atoms with Crippen molar-refractivity contribution in [3.8, 4) is 48.8 Å². The van der Waals surface area contributed by atoms with Crippen molar-refractivity contribution in [2.45, 2.75) is 327 Å². The molecule has 0 fully saturated rings. The minimum atomic E-state index is -2.57. The maximum Gasteiger partial charge on any atom is 0.261 e. The van der Waals surface area contributed by atoms with Crippen molar-refractivity contribution in [1.82, 2.24) is 19.6 Å². The molecule has 5 aliphatic rings. The van der Waals surface area contributed by atoms with Crippen molar-refractivity contribution >= 4 is 156 Å². The predicted molar refractivity (Wildman–Crippen MR) is 534 cm³/mol. The third-order valence-corrected chi connectivity index (χ3v) is 43.2. The van der Waals surface area contributed by atoms with E-state index >= 15 is 19.2 Å². The maximum atomic E-state index is 16.2. The monoisotopic (exact) mass is 1790 g/mol. The Hall–Kier alpha value is -5.34. The van der Waals surface area contributed by atoms with Gasteiger partial charge in [-0.3, -0.25) is 19.2 Å². The van der Waals surface area contributed by atoms with Crippen LogP contribution in [0.2, 0.25) is 12.1 Å². The summed E-state index contributed by atoms with van der Waals surface area (Å²) in [4.78, 5) is 92.9. The highest BCUT2D eigenvalue weighted by Gasteiger charge is 2.54. The summed E-state index contributed by atoms with van der Waals surface area (Å²) in [6, 6.07) is 35.3. The molecule has 8 aromatic heterocycles. The Labute approximate surface area is 762 Å². The van der Waals surface area contributed by atoms with Gasteiger partial charge in [0.15, 0.2) is 0 Å². The summed E-state index contributed by atoms with van der Waals surface area (Å²) >= 11 is 14.9. The Morgan fingerprint density at radius 2 is 0.496 bits per heavy atom. The van der Waals surface area contributed by atoms with Crippen LogP contribution >= 0.6 is 90.7 Å². The first-order chi connectivity index (χ1) is 59.0. The molecule has 0 N–H and O–H groups in total. The summed E-state index contributed by atoms with van der Waals surface area (Å²) in [6.45, 7) is 34.8. The predicted octanol–water partition coefficient (Wildman–Crippen LogP) is 31.5. The van der Waals surface area contributed by atoms with Crippen LogP contribution < -0.4 is 10.4 Å². The van der Waals surface area contributed by atoms with Gasteiger partial charge in [0.1, 0.15) is 8.07 Å². The summed E-state index contributed by atoms with van der Waals surface area (Å²) in [6.07, 6.45) is 38.7. The highest BCUT2D eigenvalue weighted by Crippen LogP contribution is 2.57. The number of hydrogen-bond donors (Lipinski definition) is 0. The summed E-state index contributed by atoms with van der Waals surface area (Å²) in [7, 11) is -2.57. The van der Waals surface area contributed by atoms with Crippen LogP contribution in [0.4, 0.5) is 0 Å². The third-order valence-electron chi connectivity index (χ3n) is 27.6. The van der Waals surface area contributed by atoms with Crippen LogP contribution in [0, 0.1) is 35.5 Å². The van der Waals surface area contributed by atoms with E-state index in [0.717, 1.165) is 158 Å². The molecule has 13 heterocycles. The molecule has 654 valence electrons. The van der Waals surface area contributed by atoms with Gasteiger partial charge in [0.2, 0.25) is 0 Å². The molecule has 13 rings (SSSR count). The number of unbranched alkanes of at least 4 members (excludes halogenated alkanes) is 12. The topological polar surface area (TPSA) is 81.2 Å². The number of aryl methyl sites for hydroxylation is 2. The number of amides is 4. The normalized spacial score (nSPS) is 17.5. The van der Waals surface area contributed by atoms with Crippen LogP contribution in [0.15, 0.2) is 107 Å². The molecule has 0 radical (unpaired) electrons. The SMILES string of the molecule is CCCCCCc1ccc(-c2ccc(C3=C4C(=O)N(CC(CC)CCCC)C(c5ccc(-c6cc7c(s6)-c6sc(-c8ccc(C9=C%10C(=O)N(CC(CC)CCCC)C(c%11ccc(-c%12ccc(CCCCCC)s%12)s%11)=C%10C(=O)N9CC(CC)CCCC)s8)cc6[Si]7(CC(CC)CCCC)CC(CC)CCCC)s5)=C4C(=O)N3CC(CC)CCCC)s2)s1. The van der Waals surface area contributed by atoms with Crippen molar-refractivity contribution in [3.05, 3.63) is 136 Å². The zero-order chi connectivity index (χ0) is 85.4. The number of nitrogens with zero attached hydrogens (tertiary/aromatic N) is 4. The van der Waals surface area contributed by atoms with E-state index in [9.17, 15) is 0 Å². The Bertz CT molecular complexity index is 4630. The quantitative estimate of drug-likeness (QED) is 0.0281. The molecule has 0 aliphatic carbocycles. The van der Waals surface area contributed by atoms with Gasteiger partial charge in [-0.15, -0.1) is 90.7 Å². The molecule has 6 unspecified atom stereocenters. The number of fused-ring (bicyclic) bond motifs is 5. The van der Waals surface area contributed by atoms with E-state index in [2.05, 4.69) is 201 Å². The Morgan fingerprint density at radius 3 is 0.760 bits per heavy atom. The minimum Gasteiger partial charge on any atom is -0.306 e. The lowest BCUT2D eigenvalue weighted by molar-refractivity contribution is -0.124. The van der Waals surface area contributed by atoms with Crippen molar-refractivity contribution in [1.29, 1.82) is 0 Å². The fourth-order valence-corrected chi connectivity index (χ4v) is 37.1. The molecular formula is C104H142N4O4S8Si. The standard InChI is InChI=1S/C104H142N4O4S8Si/c1-15-29-37-39-47-75-49-51-77(113-75)79-53-57-83(115-79)95-91-93(103(111)105(95)63-69(23-9)41-31-17-3)97(107(101(91)109)65-71(25-11)43-33-19-5)85-59-55-81(117-85)87-61-89-99(119-87)100-90(121(89,67-73(27-13)45-35-21-7)68-74(28-14)46-36-22-8)62-88(120-100)82-56-60-86(118-82)98-94-92(102(110)108(98)66-72(26-12)44-34-20-6)96(106(104(94)112)64-70(24-10)42-32-18-4)84-58-54-80(116-84)78-52-50-76(114-78)48-40-38-30-16-2/h49-62,69-74H,15-48,63-68H2,1-14H3. The van der Waals surface area contributed by atoms with E-state index in [1.165, 1.54) is 173 Å². The van der Waals surface area contributed by atoms with Crippen LogP contribution in [0.5, 0.6) is 0 Å². The van der Waals surface area contributed by atoms with Crippen LogP contribution in [-0.2, 0) is 32.0 Å². The van der Waals surface area contributed by atoms with E-state index in [-0.39, 0.29) is 23.6 Å². The fourth-order valence-electron chi connectivity index (χ4n) is 20.0. The van der Waals surface area contributed by atoms with Gasteiger partial charge in [-0.25, -0.2) is 0 Å². The second-order valence-corrected chi connectivity index (χ2v) is 48.9. The summed E-state index contributed by atoms with van der Waals surface area (Å²) in [5.74, 6) is 2.35. The molecular weight excluding hydrogens is 1650 g/mol. The number of carbonyl (C=O) groups excluding carboxylic acids is 4. The highest BCUT2D eigenvalue weighted by atomic mass is 32.1. The van der Waals surface area contributed by atoms with Crippen molar-refractivity contribution < 1.29 is 19.2 Å². The van der Waals surface area contributed by atoms with Gasteiger partial charge in [0, 0.05) is 84.7 Å². The average Bonchev–Trinajstić information content (AvgIpc) is 1.53. The second kappa shape index (κ2) is 44.4. The molecule has 17 heteroatoms. The van der Waals surface area contributed by atoms with Gasteiger partial charge in [-0.05, 0) is 194 Å². The van der Waals surface area contributed by atoms with Crippen molar-refractivity contribution in [2.75, 3.05) is 26.2 Å². The van der Waals surface area contributed by atoms with Crippen LogP contribution in [-0.4, -0.2) is 77.5 Å². The first kappa shape index (κ1) is 93.3. The molecule has 121 heavy (non-hydrogen) atoms. The highest BCUT2D eigenvalue weighted by molar-refractivity contribution is 7.34. The summed E-state index contributed by atoms with van der Waals surface area (Å²) in [5, 5.41) is 3.27. The largest absolute Gasteiger partial charge is 0.306 e. The molecule has 0 aromatic carbocycles. The zero-order valence-corrected chi connectivity index (χ0v) is 83.6. The van der Waals surface area contributed by atoms with E-state index in [1.54, 1.807) is 55.7 Å². The van der Waals surface area contributed by atoms with Gasteiger partial charge in [0.25, 0.3) is 23.6 Å². The Balaban J connectivity index is 0.940. The second-order valence-electron chi connectivity index (χ2n) is 36.1. The van der Waals surface area contributed by atoms with Gasteiger partial charge in [-0.1, -0.05) is 264 Å². The van der Waals surface area contributed by atoms with Crippen LogP contribution in [0.1, 0.15) is 332 Å². The molecule has 6 atom stereocenters.